The lowest BCUT2D eigenvalue weighted by atomic mass is 10.1. The molecule has 23 heavy (non-hydrogen) atoms. The number of amides is 2. The summed E-state index contributed by atoms with van der Waals surface area (Å²) in [6.07, 6.45) is 2.07. The highest BCUT2D eigenvalue weighted by atomic mass is 16.3. The molecule has 5 nitrogen and oxygen atoms in total. The van der Waals surface area contributed by atoms with E-state index in [-0.39, 0.29) is 17.9 Å². The van der Waals surface area contributed by atoms with E-state index in [1.165, 1.54) is 0 Å². The van der Waals surface area contributed by atoms with Crippen LogP contribution in [0.4, 0.5) is 0 Å². The highest BCUT2D eigenvalue weighted by Crippen LogP contribution is 2.24. The third kappa shape index (κ3) is 4.10. The van der Waals surface area contributed by atoms with Crippen molar-refractivity contribution in [2.45, 2.75) is 45.3 Å². The van der Waals surface area contributed by atoms with Crippen LogP contribution in [0.5, 0.6) is 0 Å². The molecule has 1 N–H and O–H groups in total. The van der Waals surface area contributed by atoms with Gasteiger partial charge in [0.15, 0.2) is 0 Å². The van der Waals surface area contributed by atoms with Gasteiger partial charge in [0.2, 0.25) is 0 Å². The van der Waals surface area contributed by atoms with Gasteiger partial charge < -0.3 is 14.9 Å². The summed E-state index contributed by atoms with van der Waals surface area (Å²) in [4.78, 5) is 28.5. The third-order valence-corrected chi connectivity index (χ3v) is 4.43. The molecule has 2 atom stereocenters. The predicted octanol–water partition coefficient (Wildman–Crippen LogP) is 2.15. The van der Waals surface area contributed by atoms with Gasteiger partial charge in [0, 0.05) is 37.3 Å². The molecule has 0 saturated carbocycles. The van der Waals surface area contributed by atoms with E-state index in [0.29, 0.717) is 30.6 Å². The molecule has 1 aliphatic rings. The van der Waals surface area contributed by atoms with E-state index in [4.69, 9.17) is 0 Å². The molecule has 2 unspecified atom stereocenters. The maximum Gasteiger partial charge on any atom is 0.254 e. The number of likely N-dealkylation sites (tertiary alicyclic amines) is 1. The minimum absolute atomic E-state index is 0.0537. The van der Waals surface area contributed by atoms with Gasteiger partial charge in [-0.3, -0.25) is 9.59 Å². The van der Waals surface area contributed by atoms with Crippen LogP contribution in [0.15, 0.2) is 24.3 Å². The Bertz CT molecular complexity index is 571. The van der Waals surface area contributed by atoms with Crippen molar-refractivity contribution < 1.29 is 14.7 Å². The first-order valence-corrected chi connectivity index (χ1v) is 8.28. The lowest BCUT2D eigenvalue weighted by Crippen LogP contribution is -2.37. The number of rotatable bonds is 5. The molecule has 0 aliphatic carbocycles. The second-order valence-electron chi connectivity index (χ2n) is 6.28. The summed E-state index contributed by atoms with van der Waals surface area (Å²) in [5.41, 5.74) is 1.07. The van der Waals surface area contributed by atoms with Crippen LogP contribution in [0, 0.1) is 0 Å². The zero-order valence-electron chi connectivity index (χ0n) is 14.2. The maximum atomic E-state index is 12.8. The van der Waals surface area contributed by atoms with E-state index in [0.717, 1.165) is 12.8 Å². The van der Waals surface area contributed by atoms with Gasteiger partial charge in [-0.1, -0.05) is 6.07 Å². The summed E-state index contributed by atoms with van der Waals surface area (Å²) in [7, 11) is 1.75. The first-order chi connectivity index (χ1) is 10.9. The molecule has 1 aromatic rings. The van der Waals surface area contributed by atoms with Gasteiger partial charge in [-0.2, -0.15) is 0 Å². The number of carbonyl (C=O) groups is 2. The Morgan fingerprint density at radius 2 is 2.09 bits per heavy atom. The van der Waals surface area contributed by atoms with Crippen molar-refractivity contribution in [3.63, 3.8) is 0 Å². The number of hydrogen-bond acceptors (Lipinski definition) is 3. The highest BCUT2D eigenvalue weighted by Gasteiger charge is 2.30. The average Bonchev–Trinajstić information content (AvgIpc) is 3.00. The fourth-order valence-corrected chi connectivity index (χ4v) is 3.06. The van der Waals surface area contributed by atoms with E-state index in [1.807, 2.05) is 11.8 Å². The molecule has 2 rings (SSSR count). The summed E-state index contributed by atoms with van der Waals surface area (Å²) in [5, 5.41) is 9.60. The summed E-state index contributed by atoms with van der Waals surface area (Å²) in [6, 6.07) is 7.00. The number of carbonyl (C=O) groups excluding carboxylic acids is 2. The van der Waals surface area contributed by atoms with E-state index >= 15 is 0 Å². The van der Waals surface area contributed by atoms with Crippen LogP contribution in [0.2, 0.25) is 0 Å². The van der Waals surface area contributed by atoms with Gasteiger partial charge in [0.25, 0.3) is 11.8 Å². The zero-order chi connectivity index (χ0) is 17.0. The van der Waals surface area contributed by atoms with Crippen molar-refractivity contribution in [1.29, 1.82) is 0 Å². The van der Waals surface area contributed by atoms with E-state index in [1.54, 1.807) is 43.1 Å². The van der Waals surface area contributed by atoms with Crippen LogP contribution in [0.3, 0.4) is 0 Å². The van der Waals surface area contributed by atoms with Gasteiger partial charge in [-0.15, -0.1) is 0 Å². The normalized spacial score (nSPS) is 18.8. The summed E-state index contributed by atoms with van der Waals surface area (Å²) >= 11 is 0. The Labute approximate surface area is 137 Å². The van der Waals surface area contributed by atoms with Gasteiger partial charge in [0.1, 0.15) is 0 Å². The third-order valence-electron chi connectivity index (χ3n) is 4.43. The SMILES string of the molecule is CCN(C)C(=O)c1cccc(C(=O)N2CCCC2CC(C)O)c1. The first kappa shape index (κ1) is 17.5. The number of hydrogen-bond donors (Lipinski definition) is 1. The van der Waals surface area contributed by atoms with Crippen LogP contribution < -0.4 is 0 Å². The lowest BCUT2D eigenvalue weighted by molar-refractivity contribution is 0.0682. The van der Waals surface area contributed by atoms with Crippen molar-refractivity contribution in [3.8, 4) is 0 Å². The van der Waals surface area contributed by atoms with Crippen molar-refractivity contribution in [1.82, 2.24) is 9.80 Å². The topological polar surface area (TPSA) is 60.9 Å². The molecule has 1 aliphatic heterocycles. The first-order valence-electron chi connectivity index (χ1n) is 8.28. The second-order valence-corrected chi connectivity index (χ2v) is 6.28. The molecule has 0 aromatic heterocycles. The minimum atomic E-state index is -0.417. The van der Waals surface area contributed by atoms with Gasteiger partial charge >= 0.3 is 0 Å². The molecule has 1 saturated heterocycles. The van der Waals surface area contributed by atoms with Crippen molar-refractivity contribution in [2.24, 2.45) is 0 Å². The predicted molar refractivity (Wildman–Crippen MR) is 89.4 cm³/mol. The molecular formula is C18H26N2O3. The average molecular weight is 318 g/mol. The van der Waals surface area contributed by atoms with Crippen molar-refractivity contribution >= 4 is 11.8 Å². The Hall–Kier alpha value is -1.88. The molecule has 2 amide bonds. The standard InChI is InChI=1S/C18H26N2O3/c1-4-19(3)17(22)14-7-5-8-15(12-14)18(23)20-10-6-9-16(20)11-13(2)21/h5,7-8,12-13,16,21H,4,6,9-11H2,1-3H3. The Morgan fingerprint density at radius 3 is 2.74 bits per heavy atom. The molecular weight excluding hydrogens is 292 g/mol. The number of aliphatic hydroxyl groups is 1. The molecule has 0 bridgehead atoms. The fourth-order valence-electron chi connectivity index (χ4n) is 3.06. The number of aliphatic hydroxyl groups excluding tert-OH is 1. The quantitative estimate of drug-likeness (QED) is 0.905. The summed E-state index contributed by atoms with van der Waals surface area (Å²) in [5.74, 6) is -0.133. The van der Waals surface area contributed by atoms with Crippen LogP contribution in [-0.4, -0.2) is 59.0 Å². The second kappa shape index (κ2) is 7.59. The van der Waals surface area contributed by atoms with Crippen molar-refractivity contribution in [2.75, 3.05) is 20.1 Å². The maximum absolute atomic E-state index is 12.8. The minimum Gasteiger partial charge on any atom is -0.393 e. The van der Waals surface area contributed by atoms with E-state index < -0.39 is 6.10 Å². The molecule has 1 fully saturated rings. The largest absolute Gasteiger partial charge is 0.393 e. The molecule has 1 aromatic carbocycles. The molecule has 5 heteroatoms. The van der Waals surface area contributed by atoms with Gasteiger partial charge in [-0.05, 0) is 51.3 Å². The van der Waals surface area contributed by atoms with Gasteiger partial charge in [0.05, 0.1) is 6.10 Å². The molecule has 0 spiro atoms. The van der Waals surface area contributed by atoms with Crippen LogP contribution in [0.25, 0.3) is 0 Å². The van der Waals surface area contributed by atoms with E-state index in [2.05, 4.69) is 0 Å². The monoisotopic (exact) mass is 318 g/mol. The highest BCUT2D eigenvalue weighted by molar-refractivity contribution is 5.99. The number of benzene rings is 1. The molecule has 0 radical (unpaired) electrons. The van der Waals surface area contributed by atoms with Gasteiger partial charge in [-0.25, -0.2) is 0 Å². The van der Waals surface area contributed by atoms with Crippen LogP contribution in [0.1, 0.15) is 53.8 Å². The summed E-state index contributed by atoms with van der Waals surface area (Å²) < 4.78 is 0. The van der Waals surface area contributed by atoms with Crippen LogP contribution in [-0.2, 0) is 0 Å². The van der Waals surface area contributed by atoms with E-state index in [9.17, 15) is 14.7 Å². The summed E-state index contributed by atoms with van der Waals surface area (Å²) in [6.45, 7) is 5.00. The molecule has 1 heterocycles. The Balaban J connectivity index is 2.18. The smallest absolute Gasteiger partial charge is 0.254 e. The van der Waals surface area contributed by atoms with Crippen LogP contribution >= 0.6 is 0 Å². The van der Waals surface area contributed by atoms with Crippen molar-refractivity contribution in [3.05, 3.63) is 35.4 Å². The Morgan fingerprint density at radius 1 is 1.39 bits per heavy atom. The Kier molecular flexibility index (Phi) is 5.77. The lowest BCUT2D eigenvalue weighted by Gasteiger charge is -2.26. The fraction of sp³-hybridized carbons (Fsp3) is 0.556. The molecule has 126 valence electrons. The number of nitrogens with zero attached hydrogens (tertiary/aromatic N) is 2. The zero-order valence-corrected chi connectivity index (χ0v) is 14.2.